The maximum atomic E-state index is 6.14. The van der Waals surface area contributed by atoms with Gasteiger partial charge < -0.3 is 0 Å². The van der Waals surface area contributed by atoms with Crippen molar-refractivity contribution >= 4 is 17.2 Å². The molecule has 4 rings (SSSR count). The highest BCUT2D eigenvalue weighted by atomic mass is 35.5. The summed E-state index contributed by atoms with van der Waals surface area (Å²) in [5.41, 5.74) is 5.62. The number of halogens is 1. The standard InChI is InChI=1S/C22H24ClN/c1-16-12-19(23)10-11-22(16)18-13-20-8-5-9-21(14-18)24(20)15-17-6-3-2-4-7-17/h2-4,6-7,10-13,20-21H,5,8-9,14-15H2,1H3. The molecule has 2 aromatic carbocycles. The van der Waals surface area contributed by atoms with Gasteiger partial charge in [-0.2, -0.15) is 0 Å². The number of nitrogens with zero attached hydrogens (tertiary/aromatic N) is 1. The topological polar surface area (TPSA) is 3.24 Å². The third-order valence-electron chi connectivity index (χ3n) is 5.52. The second kappa shape index (κ2) is 6.74. The van der Waals surface area contributed by atoms with Crippen LogP contribution in [0.15, 0.2) is 54.6 Å². The summed E-state index contributed by atoms with van der Waals surface area (Å²) < 4.78 is 0. The first kappa shape index (κ1) is 15.9. The summed E-state index contributed by atoms with van der Waals surface area (Å²) in [7, 11) is 0. The first-order chi connectivity index (χ1) is 11.7. The Morgan fingerprint density at radius 2 is 1.92 bits per heavy atom. The number of hydrogen-bond donors (Lipinski definition) is 0. The highest BCUT2D eigenvalue weighted by Gasteiger charge is 2.34. The van der Waals surface area contributed by atoms with Crippen molar-refractivity contribution in [1.29, 1.82) is 0 Å². The zero-order chi connectivity index (χ0) is 16.5. The summed E-state index contributed by atoms with van der Waals surface area (Å²) in [6.07, 6.45) is 7.62. The van der Waals surface area contributed by atoms with Gasteiger partial charge in [0, 0.05) is 23.7 Å². The molecule has 2 aliphatic rings. The van der Waals surface area contributed by atoms with Crippen LogP contribution in [0.3, 0.4) is 0 Å². The summed E-state index contributed by atoms with van der Waals surface area (Å²) in [5, 5.41) is 0.832. The predicted octanol–water partition coefficient (Wildman–Crippen LogP) is 5.86. The molecule has 2 atom stereocenters. The quantitative estimate of drug-likeness (QED) is 0.678. The molecule has 1 saturated heterocycles. The Balaban J connectivity index is 1.62. The number of rotatable bonds is 3. The first-order valence-corrected chi connectivity index (χ1v) is 9.35. The lowest BCUT2D eigenvalue weighted by Gasteiger charge is -2.45. The normalized spacial score (nSPS) is 23.8. The molecule has 0 aliphatic carbocycles. The van der Waals surface area contributed by atoms with Gasteiger partial charge >= 0.3 is 0 Å². The molecule has 2 aromatic rings. The molecule has 0 aromatic heterocycles. The van der Waals surface area contributed by atoms with Crippen LogP contribution in [0.25, 0.3) is 5.57 Å². The number of piperidine rings is 1. The van der Waals surface area contributed by atoms with E-state index in [1.165, 1.54) is 41.5 Å². The molecule has 0 radical (unpaired) electrons. The van der Waals surface area contributed by atoms with E-state index in [1.807, 2.05) is 6.07 Å². The Kier molecular flexibility index (Phi) is 4.47. The van der Waals surface area contributed by atoms with Crippen molar-refractivity contribution in [1.82, 2.24) is 4.90 Å². The van der Waals surface area contributed by atoms with E-state index in [9.17, 15) is 0 Å². The highest BCUT2D eigenvalue weighted by Crippen LogP contribution is 2.39. The first-order valence-electron chi connectivity index (χ1n) is 8.97. The Bertz CT molecular complexity index is 750. The molecule has 2 heterocycles. The molecule has 2 bridgehead atoms. The summed E-state index contributed by atoms with van der Waals surface area (Å²) in [4.78, 5) is 2.72. The van der Waals surface area contributed by atoms with Crippen molar-refractivity contribution in [2.24, 2.45) is 0 Å². The van der Waals surface area contributed by atoms with Crippen LogP contribution in [0.5, 0.6) is 0 Å². The fraction of sp³-hybridized carbons (Fsp3) is 0.364. The molecule has 0 amide bonds. The lowest BCUT2D eigenvalue weighted by molar-refractivity contribution is 0.0951. The summed E-state index contributed by atoms with van der Waals surface area (Å²) in [6, 6.07) is 18.4. The zero-order valence-corrected chi connectivity index (χ0v) is 15.0. The monoisotopic (exact) mass is 337 g/mol. The fourth-order valence-electron chi connectivity index (χ4n) is 4.35. The SMILES string of the molecule is Cc1cc(Cl)ccc1C1=CC2CCCC(C1)N2Cc1ccccc1. The lowest BCUT2D eigenvalue weighted by Crippen LogP contribution is -2.47. The van der Waals surface area contributed by atoms with E-state index in [2.05, 4.69) is 60.4 Å². The second-order valence-electron chi connectivity index (χ2n) is 7.17. The third kappa shape index (κ3) is 3.16. The van der Waals surface area contributed by atoms with Gasteiger partial charge in [0.05, 0.1) is 0 Å². The van der Waals surface area contributed by atoms with Crippen molar-refractivity contribution in [3.63, 3.8) is 0 Å². The van der Waals surface area contributed by atoms with Crippen molar-refractivity contribution in [2.45, 2.75) is 51.2 Å². The van der Waals surface area contributed by atoms with E-state index in [0.717, 1.165) is 18.0 Å². The second-order valence-corrected chi connectivity index (χ2v) is 7.60. The maximum Gasteiger partial charge on any atom is 0.0409 e. The van der Waals surface area contributed by atoms with Crippen LogP contribution in [0.1, 0.15) is 42.4 Å². The van der Waals surface area contributed by atoms with Crippen molar-refractivity contribution < 1.29 is 0 Å². The molecule has 2 unspecified atom stereocenters. The van der Waals surface area contributed by atoms with Crippen LogP contribution in [-0.2, 0) is 6.54 Å². The molecule has 24 heavy (non-hydrogen) atoms. The van der Waals surface area contributed by atoms with Crippen LogP contribution in [0.4, 0.5) is 0 Å². The van der Waals surface area contributed by atoms with Gasteiger partial charge in [-0.25, -0.2) is 0 Å². The van der Waals surface area contributed by atoms with Crippen LogP contribution < -0.4 is 0 Å². The minimum Gasteiger partial charge on any atom is -0.289 e. The third-order valence-corrected chi connectivity index (χ3v) is 5.76. The molecular weight excluding hydrogens is 314 g/mol. The van der Waals surface area contributed by atoms with Gasteiger partial charge in [-0.05, 0) is 60.6 Å². The Morgan fingerprint density at radius 1 is 1.08 bits per heavy atom. The minimum absolute atomic E-state index is 0.572. The molecule has 1 nitrogen and oxygen atoms in total. The summed E-state index contributed by atoms with van der Waals surface area (Å²) >= 11 is 6.14. The van der Waals surface area contributed by atoms with Crippen LogP contribution in [0, 0.1) is 6.92 Å². The van der Waals surface area contributed by atoms with Gasteiger partial charge in [0.1, 0.15) is 0 Å². The zero-order valence-electron chi connectivity index (χ0n) is 14.2. The number of hydrogen-bond acceptors (Lipinski definition) is 1. The number of aryl methyl sites for hydroxylation is 1. The molecule has 2 heteroatoms. The summed E-state index contributed by atoms with van der Waals surface area (Å²) in [5.74, 6) is 0. The number of fused-ring (bicyclic) bond motifs is 2. The Labute approximate surface area is 149 Å². The highest BCUT2D eigenvalue weighted by molar-refractivity contribution is 6.30. The van der Waals surface area contributed by atoms with E-state index in [0.29, 0.717) is 12.1 Å². The Hall–Kier alpha value is -1.57. The van der Waals surface area contributed by atoms with Crippen LogP contribution >= 0.6 is 11.6 Å². The average molecular weight is 338 g/mol. The van der Waals surface area contributed by atoms with Gasteiger partial charge in [0.25, 0.3) is 0 Å². The van der Waals surface area contributed by atoms with Crippen molar-refractivity contribution in [2.75, 3.05) is 0 Å². The van der Waals surface area contributed by atoms with E-state index >= 15 is 0 Å². The molecule has 0 saturated carbocycles. The van der Waals surface area contributed by atoms with Gasteiger partial charge in [0.15, 0.2) is 0 Å². The molecule has 0 N–H and O–H groups in total. The largest absolute Gasteiger partial charge is 0.289 e. The van der Waals surface area contributed by atoms with Crippen molar-refractivity contribution in [3.8, 4) is 0 Å². The molecular formula is C22H24ClN. The average Bonchev–Trinajstić information content (AvgIpc) is 2.56. The fourth-order valence-corrected chi connectivity index (χ4v) is 4.57. The Morgan fingerprint density at radius 3 is 2.67 bits per heavy atom. The van der Waals surface area contributed by atoms with E-state index in [1.54, 1.807) is 0 Å². The minimum atomic E-state index is 0.572. The summed E-state index contributed by atoms with van der Waals surface area (Å²) in [6.45, 7) is 3.24. The maximum absolute atomic E-state index is 6.14. The van der Waals surface area contributed by atoms with Gasteiger partial charge in [-0.1, -0.05) is 60.5 Å². The van der Waals surface area contributed by atoms with E-state index in [4.69, 9.17) is 11.6 Å². The van der Waals surface area contributed by atoms with Gasteiger partial charge in [-0.15, -0.1) is 0 Å². The molecule has 2 aliphatic heterocycles. The van der Waals surface area contributed by atoms with E-state index in [-0.39, 0.29) is 0 Å². The lowest BCUT2D eigenvalue weighted by atomic mass is 9.81. The smallest absolute Gasteiger partial charge is 0.0409 e. The van der Waals surface area contributed by atoms with Gasteiger partial charge in [0.2, 0.25) is 0 Å². The van der Waals surface area contributed by atoms with Crippen molar-refractivity contribution in [3.05, 3.63) is 76.3 Å². The number of benzene rings is 2. The van der Waals surface area contributed by atoms with Crippen LogP contribution in [-0.4, -0.2) is 17.0 Å². The van der Waals surface area contributed by atoms with E-state index < -0.39 is 0 Å². The van der Waals surface area contributed by atoms with Gasteiger partial charge in [-0.3, -0.25) is 4.90 Å². The molecule has 124 valence electrons. The predicted molar refractivity (Wildman–Crippen MR) is 102 cm³/mol. The van der Waals surface area contributed by atoms with Crippen LogP contribution in [0.2, 0.25) is 5.02 Å². The molecule has 0 spiro atoms. The molecule has 1 fully saturated rings.